The van der Waals surface area contributed by atoms with Gasteiger partial charge in [-0.3, -0.25) is 10.2 Å². The SMILES string of the molecule is O=C(NNSS)C1CCC1. The fourth-order valence-corrected chi connectivity index (χ4v) is 1.13. The third-order valence-electron chi connectivity index (χ3n) is 1.70. The fraction of sp³-hybridized carbons (Fsp3) is 0.800. The molecule has 0 bridgehead atoms. The first-order valence-corrected chi connectivity index (χ1v) is 5.06. The molecule has 2 N–H and O–H groups in total. The molecule has 0 unspecified atom stereocenters. The van der Waals surface area contributed by atoms with Crippen molar-refractivity contribution in [1.82, 2.24) is 10.3 Å². The van der Waals surface area contributed by atoms with Gasteiger partial charge in [-0.1, -0.05) is 18.1 Å². The van der Waals surface area contributed by atoms with Crippen molar-refractivity contribution in [2.75, 3.05) is 0 Å². The zero-order chi connectivity index (χ0) is 7.40. The van der Waals surface area contributed by atoms with Gasteiger partial charge in [0.1, 0.15) is 0 Å². The summed E-state index contributed by atoms with van der Waals surface area (Å²) in [6.07, 6.45) is 3.25. The summed E-state index contributed by atoms with van der Waals surface area (Å²) in [5, 5.41) is 0. The third-order valence-corrected chi connectivity index (χ3v) is 2.16. The molecule has 0 aromatic heterocycles. The molecule has 1 aliphatic rings. The largest absolute Gasteiger partial charge is 0.281 e. The van der Waals surface area contributed by atoms with Gasteiger partial charge in [-0.2, -0.15) is 4.83 Å². The Morgan fingerprint density at radius 2 is 2.30 bits per heavy atom. The maximum atomic E-state index is 11.0. The van der Waals surface area contributed by atoms with E-state index in [0.29, 0.717) is 0 Å². The number of thiol groups is 1. The van der Waals surface area contributed by atoms with E-state index in [4.69, 9.17) is 0 Å². The second kappa shape index (κ2) is 4.10. The van der Waals surface area contributed by atoms with Crippen LogP contribution < -0.4 is 10.3 Å². The summed E-state index contributed by atoms with van der Waals surface area (Å²) in [5.74, 6) is 0.334. The highest BCUT2D eigenvalue weighted by Crippen LogP contribution is 2.25. The Hall–Kier alpha value is 0.130. The predicted octanol–water partition coefficient (Wildman–Crippen LogP) is 0.900. The number of amides is 1. The molecule has 1 amide bonds. The van der Waals surface area contributed by atoms with Gasteiger partial charge in [0.25, 0.3) is 0 Å². The predicted molar refractivity (Wildman–Crippen MR) is 45.2 cm³/mol. The Morgan fingerprint density at radius 3 is 2.70 bits per heavy atom. The van der Waals surface area contributed by atoms with Crippen molar-refractivity contribution >= 4 is 28.5 Å². The van der Waals surface area contributed by atoms with Gasteiger partial charge in [-0.05, 0) is 12.8 Å². The van der Waals surface area contributed by atoms with Crippen LogP contribution in [0.2, 0.25) is 0 Å². The van der Waals surface area contributed by atoms with E-state index in [9.17, 15) is 4.79 Å². The number of nitrogens with one attached hydrogen (secondary N) is 2. The van der Waals surface area contributed by atoms with Crippen molar-refractivity contribution in [3.63, 3.8) is 0 Å². The third kappa shape index (κ3) is 2.07. The molecule has 1 rings (SSSR count). The number of hydrazine groups is 1. The van der Waals surface area contributed by atoms with Gasteiger partial charge in [0.15, 0.2) is 0 Å². The fourth-order valence-electron chi connectivity index (χ4n) is 0.846. The highest BCUT2D eigenvalue weighted by Gasteiger charge is 2.24. The van der Waals surface area contributed by atoms with Crippen molar-refractivity contribution in [2.45, 2.75) is 19.3 Å². The molecule has 1 aliphatic carbocycles. The van der Waals surface area contributed by atoms with Crippen LogP contribution in [0.4, 0.5) is 0 Å². The quantitative estimate of drug-likeness (QED) is 0.260. The van der Waals surface area contributed by atoms with Crippen LogP contribution in [-0.4, -0.2) is 5.91 Å². The number of carbonyl (C=O) groups is 1. The van der Waals surface area contributed by atoms with E-state index < -0.39 is 0 Å². The molecular weight excluding hydrogens is 168 g/mol. The average molecular weight is 178 g/mol. The van der Waals surface area contributed by atoms with Gasteiger partial charge in [-0.15, -0.1) is 0 Å². The summed E-state index contributed by atoms with van der Waals surface area (Å²) in [4.78, 5) is 13.5. The maximum absolute atomic E-state index is 11.0. The van der Waals surface area contributed by atoms with Crippen LogP contribution in [0.25, 0.3) is 0 Å². The lowest BCUT2D eigenvalue weighted by Gasteiger charge is -2.23. The van der Waals surface area contributed by atoms with Crippen LogP contribution in [0.15, 0.2) is 0 Å². The van der Waals surface area contributed by atoms with Crippen molar-refractivity contribution in [1.29, 1.82) is 0 Å². The molecule has 0 heterocycles. The second-order valence-corrected chi connectivity index (χ2v) is 3.24. The zero-order valence-corrected chi connectivity index (χ0v) is 7.17. The van der Waals surface area contributed by atoms with Crippen molar-refractivity contribution in [2.24, 2.45) is 5.92 Å². The normalized spacial score (nSPS) is 18.1. The second-order valence-electron chi connectivity index (χ2n) is 2.31. The summed E-state index contributed by atoms with van der Waals surface area (Å²) in [6.45, 7) is 0. The Morgan fingerprint density at radius 1 is 1.60 bits per heavy atom. The topological polar surface area (TPSA) is 41.1 Å². The molecule has 0 aromatic rings. The van der Waals surface area contributed by atoms with E-state index in [-0.39, 0.29) is 11.8 Å². The van der Waals surface area contributed by atoms with Crippen LogP contribution in [0, 0.1) is 5.92 Å². The summed E-state index contributed by atoms with van der Waals surface area (Å²) < 4.78 is 0. The van der Waals surface area contributed by atoms with E-state index in [1.807, 2.05) is 0 Å². The molecule has 58 valence electrons. The lowest BCUT2D eigenvalue weighted by atomic mass is 9.85. The molecule has 0 radical (unpaired) electrons. The van der Waals surface area contributed by atoms with Gasteiger partial charge < -0.3 is 0 Å². The molecule has 0 spiro atoms. The molecule has 1 saturated carbocycles. The van der Waals surface area contributed by atoms with Crippen LogP contribution in [0.3, 0.4) is 0 Å². The van der Waals surface area contributed by atoms with Crippen molar-refractivity contribution in [3.05, 3.63) is 0 Å². The monoisotopic (exact) mass is 178 g/mol. The minimum atomic E-state index is 0.0906. The van der Waals surface area contributed by atoms with E-state index in [2.05, 4.69) is 21.9 Å². The highest BCUT2D eigenvalue weighted by atomic mass is 33.1. The van der Waals surface area contributed by atoms with Crippen molar-refractivity contribution in [3.8, 4) is 0 Å². The number of hydrogen-bond acceptors (Lipinski definition) is 4. The van der Waals surface area contributed by atoms with E-state index in [1.165, 1.54) is 6.42 Å². The standard InChI is InChI=1S/C5H10N2OS2/c8-5(6-7-10-9)4-2-1-3-4/h4,7,9H,1-3H2,(H,6,8). The lowest BCUT2D eigenvalue weighted by Crippen LogP contribution is -2.39. The smallest absolute Gasteiger partial charge is 0.237 e. The van der Waals surface area contributed by atoms with Gasteiger partial charge >= 0.3 is 0 Å². The Labute approximate surface area is 69.2 Å². The average Bonchev–Trinajstić information content (AvgIpc) is 1.79. The zero-order valence-electron chi connectivity index (χ0n) is 5.46. The highest BCUT2D eigenvalue weighted by molar-refractivity contribution is 8.67. The molecule has 10 heavy (non-hydrogen) atoms. The van der Waals surface area contributed by atoms with Crippen LogP contribution in [0.5, 0.6) is 0 Å². The molecule has 5 heteroatoms. The summed E-state index contributed by atoms with van der Waals surface area (Å²) in [6, 6.07) is 0. The van der Waals surface area contributed by atoms with Crippen LogP contribution in [-0.2, 0) is 4.79 Å². The number of rotatable bonds is 3. The molecule has 0 atom stereocenters. The number of hydrogen-bond donors (Lipinski definition) is 3. The number of carbonyl (C=O) groups excluding carboxylic acids is 1. The summed E-state index contributed by atoms with van der Waals surface area (Å²) >= 11 is 3.80. The van der Waals surface area contributed by atoms with E-state index >= 15 is 0 Å². The van der Waals surface area contributed by atoms with Crippen LogP contribution in [0.1, 0.15) is 19.3 Å². The lowest BCUT2D eigenvalue weighted by molar-refractivity contribution is -0.127. The molecule has 3 nitrogen and oxygen atoms in total. The molecule has 0 aliphatic heterocycles. The first kappa shape index (κ1) is 8.23. The molecular formula is C5H10N2OS2. The Balaban J connectivity index is 2.08. The maximum Gasteiger partial charge on any atom is 0.237 e. The van der Waals surface area contributed by atoms with E-state index in [0.717, 1.165) is 23.8 Å². The first-order chi connectivity index (χ1) is 4.84. The summed E-state index contributed by atoms with van der Waals surface area (Å²) in [5.41, 5.74) is 2.53. The van der Waals surface area contributed by atoms with Gasteiger partial charge in [0, 0.05) is 16.9 Å². The van der Waals surface area contributed by atoms with Crippen molar-refractivity contribution < 1.29 is 4.79 Å². The minimum Gasteiger partial charge on any atom is -0.281 e. The molecule has 1 fully saturated rings. The van der Waals surface area contributed by atoms with Gasteiger partial charge in [0.05, 0.1) is 0 Å². The Bertz CT molecular complexity index is 127. The van der Waals surface area contributed by atoms with Crippen LogP contribution >= 0.6 is 22.6 Å². The molecule has 0 aromatic carbocycles. The molecule has 0 saturated heterocycles. The minimum absolute atomic E-state index is 0.0906. The van der Waals surface area contributed by atoms with Gasteiger partial charge in [-0.25, -0.2) is 0 Å². The summed E-state index contributed by atoms with van der Waals surface area (Å²) in [7, 11) is 1.09. The van der Waals surface area contributed by atoms with Gasteiger partial charge in [0.2, 0.25) is 5.91 Å². The first-order valence-electron chi connectivity index (χ1n) is 3.20. The van der Waals surface area contributed by atoms with E-state index in [1.54, 1.807) is 0 Å². The Kier molecular flexibility index (Phi) is 3.37.